The number of hydrogen-bond acceptors (Lipinski definition) is 3. The number of carbonyl (C=O) groups is 1. The Morgan fingerprint density at radius 2 is 1.85 bits per heavy atom. The van der Waals surface area contributed by atoms with E-state index in [0.717, 1.165) is 53.5 Å². The van der Waals surface area contributed by atoms with Gasteiger partial charge < -0.3 is 20.1 Å². The first-order chi connectivity index (χ1) is 15.7. The lowest BCUT2D eigenvalue weighted by Crippen LogP contribution is -2.28. The van der Waals surface area contributed by atoms with Crippen LogP contribution in [0.25, 0.3) is 10.9 Å². The molecule has 33 heavy (non-hydrogen) atoms. The van der Waals surface area contributed by atoms with Crippen LogP contribution in [0.5, 0.6) is 0 Å². The number of aryl methyl sites for hydroxylation is 2. The van der Waals surface area contributed by atoms with Gasteiger partial charge in [0, 0.05) is 27.7 Å². The zero-order valence-corrected chi connectivity index (χ0v) is 19.8. The number of anilines is 1. The maximum Gasteiger partial charge on any atom is 0.235 e. The van der Waals surface area contributed by atoms with Gasteiger partial charge in [-0.3, -0.25) is 4.79 Å². The van der Waals surface area contributed by atoms with Gasteiger partial charge in [-0.05, 0) is 73.1 Å². The summed E-state index contributed by atoms with van der Waals surface area (Å²) in [5.41, 5.74) is 6.35. The fourth-order valence-corrected chi connectivity index (χ4v) is 5.33. The third-order valence-corrected chi connectivity index (χ3v) is 7.37. The largest absolute Gasteiger partial charge is 0.394 e. The van der Waals surface area contributed by atoms with E-state index >= 15 is 0 Å². The van der Waals surface area contributed by atoms with E-state index in [9.17, 15) is 15.0 Å². The molecule has 1 amide bonds. The van der Waals surface area contributed by atoms with Crippen molar-refractivity contribution in [2.45, 2.75) is 76.4 Å². The number of fused-ring (bicyclic) bond motifs is 2. The van der Waals surface area contributed by atoms with Crippen LogP contribution in [0.3, 0.4) is 0 Å². The number of aliphatic hydroxyl groups is 2. The van der Waals surface area contributed by atoms with Crippen LogP contribution in [-0.2, 0) is 35.0 Å². The molecule has 1 saturated carbocycles. The number of amides is 1. The van der Waals surface area contributed by atoms with Crippen LogP contribution in [0, 0.1) is 0 Å². The highest BCUT2D eigenvalue weighted by molar-refractivity contribution is 6.02. The van der Waals surface area contributed by atoms with E-state index in [-0.39, 0.29) is 17.9 Å². The molecule has 174 valence electrons. The number of nitrogens with zero attached hydrogens (tertiary/aromatic N) is 1. The molecule has 3 aromatic rings. The predicted molar refractivity (Wildman–Crippen MR) is 132 cm³/mol. The molecule has 2 aromatic carbocycles. The van der Waals surface area contributed by atoms with Gasteiger partial charge in [-0.1, -0.05) is 39.0 Å². The monoisotopic (exact) mass is 446 g/mol. The van der Waals surface area contributed by atoms with Crippen molar-refractivity contribution in [2.75, 3.05) is 11.9 Å². The summed E-state index contributed by atoms with van der Waals surface area (Å²) in [5.74, 6) is 0.0750. The lowest BCUT2D eigenvalue weighted by atomic mass is 9.91. The molecule has 2 aliphatic rings. The number of aromatic nitrogens is 1. The molecule has 5 rings (SSSR count). The molecular formula is C28H34N2O3. The van der Waals surface area contributed by atoms with Crippen LogP contribution in [0.15, 0.2) is 42.5 Å². The molecule has 5 nitrogen and oxygen atoms in total. The molecule has 1 heterocycles. The van der Waals surface area contributed by atoms with Crippen molar-refractivity contribution < 1.29 is 15.0 Å². The molecule has 0 spiro atoms. The molecule has 3 N–H and O–H groups in total. The molecule has 0 radical (unpaired) electrons. The van der Waals surface area contributed by atoms with Gasteiger partial charge in [-0.25, -0.2) is 0 Å². The van der Waals surface area contributed by atoms with Gasteiger partial charge in [0.25, 0.3) is 0 Å². The van der Waals surface area contributed by atoms with Gasteiger partial charge >= 0.3 is 0 Å². The van der Waals surface area contributed by atoms with Crippen molar-refractivity contribution in [2.24, 2.45) is 0 Å². The fourth-order valence-electron chi connectivity index (χ4n) is 5.33. The van der Waals surface area contributed by atoms with E-state index in [0.29, 0.717) is 6.54 Å². The number of hydrogen-bond donors (Lipinski definition) is 3. The normalized spacial score (nSPS) is 17.7. The summed E-state index contributed by atoms with van der Waals surface area (Å²) in [6.45, 7) is 6.47. The summed E-state index contributed by atoms with van der Waals surface area (Å²) in [6, 6.07) is 14.7. The second-order valence-corrected chi connectivity index (χ2v) is 10.9. The average Bonchev–Trinajstić information content (AvgIpc) is 3.32. The third-order valence-electron chi connectivity index (χ3n) is 7.37. The summed E-state index contributed by atoms with van der Waals surface area (Å²) in [6.07, 6.45) is 4.45. The van der Waals surface area contributed by atoms with Crippen LogP contribution < -0.4 is 5.32 Å². The van der Waals surface area contributed by atoms with Crippen molar-refractivity contribution in [3.63, 3.8) is 0 Å². The average molecular weight is 447 g/mol. The summed E-state index contributed by atoms with van der Waals surface area (Å²) < 4.78 is 2.08. The predicted octanol–water partition coefficient (Wildman–Crippen LogP) is 4.45. The first kappa shape index (κ1) is 22.2. The van der Waals surface area contributed by atoms with Crippen molar-refractivity contribution in [3.05, 3.63) is 64.8 Å². The van der Waals surface area contributed by atoms with Gasteiger partial charge in [0.05, 0.1) is 24.7 Å². The molecule has 1 atom stereocenters. The molecule has 0 saturated heterocycles. The summed E-state index contributed by atoms with van der Waals surface area (Å²) in [5, 5.41) is 23.7. The summed E-state index contributed by atoms with van der Waals surface area (Å²) >= 11 is 0. The topological polar surface area (TPSA) is 74.5 Å². The van der Waals surface area contributed by atoms with Gasteiger partial charge in [0.1, 0.15) is 0 Å². The first-order valence-electron chi connectivity index (χ1n) is 12.1. The van der Waals surface area contributed by atoms with Crippen molar-refractivity contribution in [1.82, 2.24) is 4.57 Å². The number of rotatable bonds is 6. The minimum atomic E-state index is -0.817. The van der Waals surface area contributed by atoms with Gasteiger partial charge in [-0.2, -0.15) is 0 Å². The molecule has 0 aliphatic heterocycles. The Bertz CT molecular complexity index is 1210. The van der Waals surface area contributed by atoms with E-state index < -0.39 is 11.5 Å². The lowest BCUT2D eigenvalue weighted by molar-refractivity contribution is -0.118. The zero-order valence-electron chi connectivity index (χ0n) is 19.8. The minimum absolute atomic E-state index is 0.0750. The van der Waals surface area contributed by atoms with E-state index in [2.05, 4.69) is 54.9 Å². The second kappa shape index (κ2) is 8.00. The van der Waals surface area contributed by atoms with Crippen molar-refractivity contribution >= 4 is 22.5 Å². The van der Waals surface area contributed by atoms with Crippen molar-refractivity contribution in [1.29, 1.82) is 0 Å². The second-order valence-electron chi connectivity index (χ2n) is 10.9. The minimum Gasteiger partial charge on any atom is -0.394 e. The highest BCUT2D eigenvalue weighted by Gasteiger charge is 2.51. The number of aliphatic hydroxyl groups excluding tert-OH is 2. The molecule has 0 bridgehead atoms. The standard InChI is InChI=1S/C28H34N2O3/c1-27(2,3)25-15-20-14-22(9-10-24(20)30(25)16-23(32)17-31)29-26(33)28(11-12-28)21-8-7-18-5-4-6-19(18)13-21/h7-10,13-15,23,31-32H,4-6,11-12,16-17H2,1-3H3,(H,29,33)/t23-/m1/s1. The lowest BCUT2D eigenvalue weighted by Gasteiger charge is -2.23. The molecule has 5 heteroatoms. The Balaban J connectivity index is 1.43. The smallest absolute Gasteiger partial charge is 0.235 e. The van der Waals surface area contributed by atoms with Crippen LogP contribution in [0.4, 0.5) is 5.69 Å². The Morgan fingerprint density at radius 1 is 1.09 bits per heavy atom. The maximum atomic E-state index is 13.4. The molecule has 0 unspecified atom stereocenters. The molecule has 1 fully saturated rings. The SMILES string of the molecule is CC(C)(C)c1cc2cc(NC(=O)C3(c4ccc5c(c4)CCC5)CC3)ccc2n1C[C@@H](O)CO. The van der Waals surface area contributed by atoms with Crippen molar-refractivity contribution in [3.8, 4) is 0 Å². The summed E-state index contributed by atoms with van der Waals surface area (Å²) in [4.78, 5) is 13.4. The third kappa shape index (κ3) is 3.98. The summed E-state index contributed by atoms with van der Waals surface area (Å²) in [7, 11) is 0. The quantitative estimate of drug-likeness (QED) is 0.524. The number of carbonyl (C=O) groups excluding carboxylic acids is 1. The Labute approximate surface area is 195 Å². The Hall–Kier alpha value is -2.63. The van der Waals surface area contributed by atoms with Gasteiger partial charge in [-0.15, -0.1) is 0 Å². The van der Waals surface area contributed by atoms with Crippen LogP contribution in [0.2, 0.25) is 0 Å². The van der Waals surface area contributed by atoms with Crippen LogP contribution >= 0.6 is 0 Å². The first-order valence-corrected chi connectivity index (χ1v) is 12.1. The molecule has 1 aromatic heterocycles. The Morgan fingerprint density at radius 3 is 2.55 bits per heavy atom. The van der Waals surface area contributed by atoms with Crippen LogP contribution in [0.1, 0.15) is 62.4 Å². The number of benzene rings is 2. The van der Waals surface area contributed by atoms with Gasteiger partial charge in [0.2, 0.25) is 5.91 Å². The fraction of sp³-hybridized carbons (Fsp3) is 0.464. The molecular weight excluding hydrogens is 412 g/mol. The van der Waals surface area contributed by atoms with E-state index in [1.807, 2.05) is 18.2 Å². The van der Waals surface area contributed by atoms with E-state index in [4.69, 9.17) is 0 Å². The van der Waals surface area contributed by atoms with Crippen LogP contribution in [-0.4, -0.2) is 33.4 Å². The zero-order chi connectivity index (χ0) is 23.4. The maximum absolute atomic E-state index is 13.4. The highest BCUT2D eigenvalue weighted by atomic mass is 16.3. The van der Waals surface area contributed by atoms with Gasteiger partial charge in [0.15, 0.2) is 0 Å². The molecule has 2 aliphatic carbocycles. The highest BCUT2D eigenvalue weighted by Crippen LogP contribution is 2.50. The van der Waals surface area contributed by atoms with E-state index in [1.165, 1.54) is 17.5 Å². The number of nitrogens with one attached hydrogen (secondary N) is 1. The van der Waals surface area contributed by atoms with E-state index in [1.54, 1.807) is 0 Å². The Kier molecular flexibility index (Phi) is 5.37.